The smallest absolute Gasteiger partial charge is 0.358 e. The number of nitrogens with one attached hydrogen (secondary N) is 1. The summed E-state index contributed by atoms with van der Waals surface area (Å²) in [7, 11) is 1.28. The number of hydrogen-bond acceptors (Lipinski definition) is 5. The molecule has 0 aliphatic carbocycles. The van der Waals surface area contributed by atoms with E-state index in [0.29, 0.717) is 15.0 Å². The molecule has 0 aliphatic rings. The minimum atomic E-state index is -0.569. The van der Waals surface area contributed by atoms with E-state index in [9.17, 15) is 9.59 Å². The van der Waals surface area contributed by atoms with E-state index in [0.717, 1.165) is 5.56 Å². The number of halogens is 2. The molecule has 2 rings (SSSR count). The van der Waals surface area contributed by atoms with Crippen LogP contribution in [-0.2, 0) is 9.53 Å². The molecule has 1 amide bonds. The molecule has 1 heterocycles. The molecule has 2 aromatic rings. The zero-order chi connectivity index (χ0) is 15.4. The van der Waals surface area contributed by atoms with E-state index in [1.54, 1.807) is 18.2 Å². The number of ether oxygens (including phenoxy) is 1. The minimum absolute atomic E-state index is 0.145. The van der Waals surface area contributed by atoms with Crippen LogP contribution in [0.1, 0.15) is 10.5 Å². The first-order chi connectivity index (χ1) is 10.0. The molecular weight excluding hydrogens is 380 g/mol. The Morgan fingerprint density at radius 3 is 2.86 bits per heavy atom. The largest absolute Gasteiger partial charge is 0.464 e. The van der Waals surface area contributed by atoms with Gasteiger partial charge in [-0.1, -0.05) is 51.0 Å². The molecule has 0 saturated carbocycles. The van der Waals surface area contributed by atoms with Gasteiger partial charge in [-0.15, -0.1) is 0 Å². The molecule has 21 heavy (non-hydrogen) atoms. The van der Waals surface area contributed by atoms with Crippen LogP contribution in [0.3, 0.4) is 0 Å². The van der Waals surface area contributed by atoms with E-state index < -0.39 is 5.97 Å². The molecule has 0 fully saturated rings. The summed E-state index contributed by atoms with van der Waals surface area (Å²) >= 11 is 10.2. The van der Waals surface area contributed by atoms with E-state index in [1.807, 2.05) is 6.07 Å². The zero-order valence-corrected chi connectivity index (χ0v) is 14.0. The Balaban J connectivity index is 2.47. The summed E-state index contributed by atoms with van der Waals surface area (Å²) in [6.45, 7) is 0. The molecule has 1 aromatic heterocycles. The molecule has 0 radical (unpaired) electrons. The minimum Gasteiger partial charge on any atom is -0.464 e. The third-order valence-corrected chi connectivity index (χ3v) is 4.22. The van der Waals surface area contributed by atoms with Crippen molar-refractivity contribution in [3.05, 3.63) is 35.0 Å². The maximum Gasteiger partial charge on any atom is 0.358 e. The Labute approximate surface area is 138 Å². The lowest BCUT2D eigenvalue weighted by Gasteiger charge is -2.01. The average molecular weight is 390 g/mol. The standard InChI is InChI=1S/C13H10BrClN2O3S/c1-20-12(19)10-11(7-3-2-4-8(15)5-7)21-13(17-10)16-9(18)6-14/h2-5H,6H2,1H3,(H,16,17,18). The number of thiazole rings is 1. The number of hydrogen-bond donors (Lipinski definition) is 1. The number of nitrogens with zero attached hydrogens (tertiary/aromatic N) is 1. The highest BCUT2D eigenvalue weighted by Gasteiger charge is 2.21. The van der Waals surface area contributed by atoms with Gasteiger partial charge in [0.15, 0.2) is 10.8 Å². The number of rotatable bonds is 4. The molecule has 5 nitrogen and oxygen atoms in total. The Morgan fingerprint density at radius 2 is 2.24 bits per heavy atom. The van der Waals surface area contributed by atoms with Gasteiger partial charge in [0.05, 0.1) is 17.3 Å². The van der Waals surface area contributed by atoms with Gasteiger partial charge in [-0.05, 0) is 17.7 Å². The van der Waals surface area contributed by atoms with E-state index in [4.69, 9.17) is 16.3 Å². The molecule has 0 unspecified atom stereocenters. The maximum atomic E-state index is 11.8. The van der Waals surface area contributed by atoms with Crippen molar-refractivity contribution in [2.45, 2.75) is 0 Å². The number of anilines is 1. The number of aromatic nitrogens is 1. The number of amides is 1. The number of benzene rings is 1. The van der Waals surface area contributed by atoms with Gasteiger partial charge >= 0.3 is 5.97 Å². The summed E-state index contributed by atoms with van der Waals surface area (Å²) in [6, 6.07) is 7.03. The fourth-order valence-corrected chi connectivity index (χ4v) is 2.88. The second-order valence-electron chi connectivity index (χ2n) is 3.88. The maximum absolute atomic E-state index is 11.8. The van der Waals surface area contributed by atoms with E-state index in [-0.39, 0.29) is 16.9 Å². The van der Waals surface area contributed by atoms with Gasteiger partial charge in [0.1, 0.15) is 0 Å². The van der Waals surface area contributed by atoms with E-state index in [1.165, 1.54) is 18.4 Å². The summed E-state index contributed by atoms with van der Waals surface area (Å²) in [5.74, 6) is -0.821. The van der Waals surface area contributed by atoms with Crippen LogP contribution in [0.2, 0.25) is 5.02 Å². The summed E-state index contributed by atoms with van der Waals surface area (Å²) < 4.78 is 4.72. The first-order valence-corrected chi connectivity index (χ1v) is 8.07. The zero-order valence-electron chi connectivity index (χ0n) is 10.9. The lowest BCUT2D eigenvalue weighted by Crippen LogP contribution is -2.12. The molecule has 0 aliphatic heterocycles. The van der Waals surface area contributed by atoms with Crippen LogP contribution in [-0.4, -0.2) is 29.3 Å². The Bertz CT molecular complexity index is 690. The number of methoxy groups -OCH3 is 1. The van der Waals surface area contributed by atoms with Gasteiger partial charge in [0.25, 0.3) is 0 Å². The fourth-order valence-electron chi connectivity index (χ4n) is 1.59. The molecular formula is C13H10BrClN2O3S. The van der Waals surface area contributed by atoms with Crippen molar-refractivity contribution in [2.24, 2.45) is 0 Å². The Kier molecular flexibility index (Phi) is 5.33. The van der Waals surface area contributed by atoms with Crippen molar-refractivity contribution in [1.29, 1.82) is 0 Å². The predicted octanol–water partition coefficient (Wildman–Crippen LogP) is 3.58. The van der Waals surface area contributed by atoms with Crippen LogP contribution in [0.15, 0.2) is 24.3 Å². The molecule has 0 saturated heterocycles. The summed E-state index contributed by atoms with van der Waals surface area (Å²) in [4.78, 5) is 27.9. The van der Waals surface area contributed by atoms with Gasteiger partial charge in [-0.3, -0.25) is 4.79 Å². The van der Waals surface area contributed by atoms with E-state index >= 15 is 0 Å². The van der Waals surface area contributed by atoms with E-state index in [2.05, 4.69) is 26.2 Å². The third-order valence-electron chi connectivity index (χ3n) is 2.46. The topological polar surface area (TPSA) is 68.3 Å². The van der Waals surface area contributed by atoms with Gasteiger partial charge < -0.3 is 10.1 Å². The van der Waals surface area contributed by atoms with Gasteiger partial charge in [-0.2, -0.15) is 0 Å². The van der Waals surface area contributed by atoms with Crippen LogP contribution in [0.25, 0.3) is 10.4 Å². The number of esters is 1. The Hall–Kier alpha value is -1.44. The van der Waals surface area contributed by atoms with Crippen LogP contribution >= 0.6 is 38.9 Å². The normalized spacial score (nSPS) is 10.2. The van der Waals surface area contributed by atoms with Crippen LogP contribution < -0.4 is 5.32 Å². The molecule has 0 spiro atoms. The molecule has 8 heteroatoms. The highest BCUT2D eigenvalue weighted by atomic mass is 79.9. The van der Waals surface area contributed by atoms with Crippen molar-refractivity contribution in [1.82, 2.24) is 4.98 Å². The van der Waals surface area contributed by atoms with Gasteiger partial charge in [0.2, 0.25) is 5.91 Å². The van der Waals surface area contributed by atoms with Crippen molar-refractivity contribution in [3.8, 4) is 10.4 Å². The van der Waals surface area contributed by atoms with Crippen molar-refractivity contribution in [3.63, 3.8) is 0 Å². The second kappa shape index (κ2) is 7.02. The van der Waals surface area contributed by atoms with Crippen molar-refractivity contribution in [2.75, 3.05) is 17.8 Å². The van der Waals surface area contributed by atoms with Crippen molar-refractivity contribution >= 4 is 55.9 Å². The molecule has 0 atom stereocenters. The third kappa shape index (κ3) is 3.81. The molecule has 110 valence electrons. The van der Waals surface area contributed by atoms with Crippen LogP contribution in [0.5, 0.6) is 0 Å². The quantitative estimate of drug-likeness (QED) is 0.641. The summed E-state index contributed by atoms with van der Waals surface area (Å²) in [5.41, 5.74) is 0.884. The number of alkyl halides is 1. The first kappa shape index (κ1) is 15.9. The highest BCUT2D eigenvalue weighted by molar-refractivity contribution is 9.09. The molecule has 0 bridgehead atoms. The van der Waals surface area contributed by atoms with Gasteiger partial charge in [0, 0.05) is 5.02 Å². The average Bonchev–Trinajstić information content (AvgIpc) is 2.90. The second-order valence-corrected chi connectivity index (χ2v) is 5.88. The highest BCUT2D eigenvalue weighted by Crippen LogP contribution is 2.34. The number of carbonyl (C=O) groups is 2. The Morgan fingerprint density at radius 1 is 1.48 bits per heavy atom. The van der Waals surface area contributed by atoms with Crippen LogP contribution in [0, 0.1) is 0 Å². The number of carbonyl (C=O) groups excluding carboxylic acids is 2. The monoisotopic (exact) mass is 388 g/mol. The SMILES string of the molecule is COC(=O)c1nc(NC(=O)CBr)sc1-c1cccc(Cl)c1. The lowest BCUT2D eigenvalue weighted by atomic mass is 10.1. The molecule has 1 aromatic carbocycles. The molecule has 1 N–H and O–H groups in total. The van der Waals surface area contributed by atoms with Crippen molar-refractivity contribution < 1.29 is 14.3 Å². The first-order valence-electron chi connectivity index (χ1n) is 5.76. The fraction of sp³-hybridized carbons (Fsp3) is 0.154. The predicted molar refractivity (Wildman–Crippen MR) is 86.3 cm³/mol. The lowest BCUT2D eigenvalue weighted by molar-refractivity contribution is -0.113. The summed E-state index contributed by atoms with van der Waals surface area (Å²) in [6.07, 6.45) is 0. The van der Waals surface area contributed by atoms with Gasteiger partial charge in [-0.25, -0.2) is 9.78 Å². The van der Waals surface area contributed by atoms with Crippen LogP contribution in [0.4, 0.5) is 5.13 Å². The summed E-state index contributed by atoms with van der Waals surface area (Å²) in [5, 5.41) is 3.61.